The summed E-state index contributed by atoms with van der Waals surface area (Å²) in [4.78, 5) is 17.2. The minimum atomic E-state index is -0.101. The Bertz CT molecular complexity index is 1430. The quantitative estimate of drug-likeness (QED) is 0.294. The van der Waals surface area contributed by atoms with Crippen LogP contribution < -0.4 is 10.1 Å². The molecule has 0 aliphatic carbocycles. The van der Waals surface area contributed by atoms with Crippen LogP contribution in [0.15, 0.2) is 66.7 Å². The Morgan fingerprint density at radius 3 is 2.36 bits per heavy atom. The zero-order chi connectivity index (χ0) is 27.6. The van der Waals surface area contributed by atoms with Crippen molar-refractivity contribution in [3.8, 4) is 5.75 Å². The van der Waals surface area contributed by atoms with Gasteiger partial charge in [0.1, 0.15) is 11.9 Å². The van der Waals surface area contributed by atoms with Crippen molar-refractivity contribution < 1.29 is 9.53 Å². The van der Waals surface area contributed by atoms with Crippen LogP contribution in [0.4, 0.5) is 0 Å². The number of aromatic nitrogens is 1. The van der Waals surface area contributed by atoms with Gasteiger partial charge in [-0.2, -0.15) is 0 Å². The molecule has 3 aromatic carbocycles. The van der Waals surface area contributed by atoms with Gasteiger partial charge in [-0.3, -0.25) is 9.69 Å². The van der Waals surface area contributed by atoms with Crippen LogP contribution in [0.3, 0.4) is 0 Å². The Morgan fingerprint density at radius 1 is 0.974 bits per heavy atom. The van der Waals surface area contributed by atoms with E-state index < -0.39 is 0 Å². The van der Waals surface area contributed by atoms with Gasteiger partial charge in [0.15, 0.2) is 0 Å². The number of likely N-dealkylation sites (tertiary alicyclic amines) is 1. The fourth-order valence-corrected chi connectivity index (χ4v) is 5.42. The molecule has 0 atom stereocenters. The molecule has 1 fully saturated rings. The Balaban J connectivity index is 1.14. The predicted octanol–water partition coefficient (Wildman–Crippen LogP) is 5.93. The molecular weight excluding hydrogens is 484 g/mol. The molecule has 1 aromatic heterocycles. The van der Waals surface area contributed by atoms with E-state index in [4.69, 9.17) is 4.74 Å². The molecule has 0 unspecified atom stereocenters. The summed E-state index contributed by atoms with van der Waals surface area (Å²) in [5.41, 5.74) is 4.55. The third-order valence-electron chi connectivity index (χ3n) is 8.41. The molecule has 0 saturated carbocycles. The number of fused-ring (bicyclic) bond motifs is 3. The van der Waals surface area contributed by atoms with Crippen molar-refractivity contribution in [2.45, 2.75) is 58.3 Å². The molecule has 1 aliphatic rings. The van der Waals surface area contributed by atoms with E-state index in [0.717, 1.165) is 44.8 Å². The predicted molar refractivity (Wildman–Crippen MR) is 161 cm³/mol. The highest BCUT2D eigenvalue weighted by Gasteiger charge is 2.23. The maximum absolute atomic E-state index is 12.6. The number of nitrogens with zero attached hydrogens (tertiary/aromatic N) is 3. The summed E-state index contributed by atoms with van der Waals surface area (Å²) >= 11 is 0. The number of rotatable bonds is 9. The zero-order valence-corrected chi connectivity index (χ0v) is 24.0. The smallest absolute Gasteiger partial charge is 0.251 e. The number of benzene rings is 3. The lowest BCUT2D eigenvalue weighted by atomic mass is 10.0. The van der Waals surface area contributed by atoms with Gasteiger partial charge < -0.3 is 19.5 Å². The van der Waals surface area contributed by atoms with Gasteiger partial charge in [0.05, 0.1) is 0 Å². The van der Waals surface area contributed by atoms with Crippen LogP contribution in [0.5, 0.6) is 5.75 Å². The van der Waals surface area contributed by atoms with Gasteiger partial charge in [0.2, 0.25) is 0 Å². The zero-order valence-electron chi connectivity index (χ0n) is 24.0. The first-order valence-corrected chi connectivity index (χ1v) is 14.2. The molecule has 1 aliphatic heterocycles. The second-order valence-corrected chi connectivity index (χ2v) is 11.6. The van der Waals surface area contributed by atoms with Crippen molar-refractivity contribution in [3.63, 3.8) is 0 Å². The van der Waals surface area contributed by atoms with Crippen LogP contribution in [0, 0.1) is 0 Å². The molecule has 6 heteroatoms. The lowest BCUT2D eigenvalue weighted by Gasteiger charge is -2.32. The summed E-state index contributed by atoms with van der Waals surface area (Å²) in [6, 6.07) is 23.2. The van der Waals surface area contributed by atoms with Gasteiger partial charge >= 0.3 is 0 Å². The minimum Gasteiger partial charge on any atom is -0.490 e. The molecule has 0 bridgehead atoms. The molecule has 2 heterocycles. The number of hydrogen-bond donors (Lipinski definition) is 1. The molecule has 6 nitrogen and oxygen atoms in total. The number of hydrogen-bond acceptors (Lipinski definition) is 4. The number of likely N-dealkylation sites (N-methyl/N-ethyl adjacent to an activating group) is 1. The normalized spacial score (nSPS) is 15.3. The number of piperidine rings is 1. The largest absolute Gasteiger partial charge is 0.490 e. The maximum atomic E-state index is 12.6. The maximum Gasteiger partial charge on any atom is 0.251 e. The van der Waals surface area contributed by atoms with Crippen LogP contribution in [0.2, 0.25) is 0 Å². The summed E-state index contributed by atoms with van der Waals surface area (Å²) in [5, 5.41) is 5.73. The highest BCUT2D eigenvalue weighted by molar-refractivity contribution is 6.08. The Kier molecular flexibility index (Phi) is 7.96. The first-order chi connectivity index (χ1) is 18.7. The number of para-hydroxylation sites is 1. The monoisotopic (exact) mass is 526 g/mol. The second-order valence-electron chi connectivity index (χ2n) is 11.6. The van der Waals surface area contributed by atoms with Crippen molar-refractivity contribution >= 4 is 27.7 Å². The summed E-state index contributed by atoms with van der Waals surface area (Å²) in [7, 11) is 4.05. The standard InChI is InChI=1S/C33H42N4O2/c1-6-37-30-10-8-7-9-28(30)29-21-24(11-16-31(29)37)22-36-19-17-27(18-20-36)39-26-14-12-25(13-15-26)32(38)34-23-33(2,3)35(4)5/h7-16,21,27H,6,17-20,22-23H2,1-5H3,(H,34,38). The van der Waals surface area contributed by atoms with E-state index in [1.165, 1.54) is 27.4 Å². The average Bonchev–Trinajstić information content (AvgIpc) is 3.26. The molecule has 0 radical (unpaired) electrons. The number of amides is 1. The van der Waals surface area contributed by atoms with Crippen LogP contribution in [0.25, 0.3) is 21.8 Å². The highest BCUT2D eigenvalue weighted by Crippen LogP contribution is 2.30. The highest BCUT2D eigenvalue weighted by atomic mass is 16.5. The first kappa shape index (κ1) is 27.2. The second kappa shape index (κ2) is 11.4. The van der Waals surface area contributed by atoms with E-state index >= 15 is 0 Å². The van der Waals surface area contributed by atoms with Crippen LogP contribution in [-0.4, -0.2) is 65.6 Å². The number of carbonyl (C=O) groups is 1. The first-order valence-electron chi connectivity index (χ1n) is 14.2. The number of aryl methyl sites for hydroxylation is 1. The van der Waals surface area contributed by atoms with E-state index in [1.807, 2.05) is 38.4 Å². The fourth-order valence-electron chi connectivity index (χ4n) is 5.42. The van der Waals surface area contributed by atoms with E-state index in [1.54, 1.807) is 0 Å². The Labute approximate surface area is 232 Å². The van der Waals surface area contributed by atoms with Gasteiger partial charge in [-0.15, -0.1) is 0 Å². The summed E-state index contributed by atoms with van der Waals surface area (Å²) < 4.78 is 8.69. The number of carbonyl (C=O) groups excluding carboxylic acids is 1. The van der Waals surface area contributed by atoms with Crippen molar-refractivity contribution in [2.75, 3.05) is 33.7 Å². The van der Waals surface area contributed by atoms with Crippen LogP contribution >= 0.6 is 0 Å². The fraction of sp³-hybridized carbons (Fsp3) is 0.424. The van der Waals surface area contributed by atoms with Crippen LogP contribution in [-0.2, 0) is 13.1 Å². The topological polar surface area (TPSA) is 49.7 Å². The molecule has 0 spiro atoms. The van der Waals surface area contributed by atoms with Crippen molar-refractivity contribution in [1.29, 1.82) is 0 Å². The van der Waals surface area contributed by atoms with Crippen LogP contribution in [0.1, 0.15) is 49.5 Å². The van der Waals surface area contributed by atoms with Crippen molar-refractivity contribution in [1.82, 2.24) is 19.7 Å². The molecule has 5 rings (SSSR count). The molecule has 1 amide bonds. The van der Waals surface area contributed by atoms with E-state index in [2.05, 4.69) is 82.9 Å². The van der Waals surface area contributed by atoms with Gasteiger partial charge in [-0.05, 0) is 95.7 Å². The third kappa shape index (κ3) is 5.97. The third-order valence-corrected chi connectivity index (χ3v) is 8.41. The molecule has 39 heavy (non-hydrogen) atoms. The van der Waals surface area contributed by atoms with Gasteiger partial charge in [0, 0.05) is 65.6 Å². The molecule has 206 valence electrons. The lowest BCUT2D eigenvalue weighted by Crippen LogP contribution is -2.48. The van der Waals surface area contributed by atoms with E-state index in [0.29, 0.717) is 12.1 Å². The molecule has 1 N–H and O–H groups in total. The molecular formula is C33H42N4O2. The van der Waals surface area contributed by atoms with Crippen molar-refractivity contribution in [3.05, 3.63) is 77.9 Å². The SMILES string of the molecule is CCn1c2ccccc2c2cc(CN3CCC(Oc4ccc(C(=O)NCC(C)(C)N(C)C)cc4)CC3)ccc21. The lowest BCUT2D eigenvalue weighted by molar-refractivity contribution is 0.0918. The number of nitrogens with one attached hydrogen (secondary N) is 1. The van der Waals surface area contributed by atoms with E-state index in [9.17, 15) is 4.79 Å². The van der Waals surface area contributed by atoms with E-state index in [-0.39, 0.29) is 17.6 Å². The summed E-state index contributed by atoms with van der Waals surface area (Å²) in [6.07, 6.45) is 2.20. The summed E-state index contributed by atoms with van der Waals surface area (Å²) in [6.45, 7) is 11.0. The average molecular weight is 527 g/mol. The Hall–Kier alpha value is -3.35. The molecule has 4 aromatic rings. The summed E-state index contributed by atoms with van der Waals surface area (Å²) in [5.74, 6) is 0.776. The Morgan fingerprint density at radius 2 is 1.67 bits per heavy atom. The van der Waals surface area contributed by atoms with Crippen molar-refractivity contribution in [2.24, 2.45) is 0 Å². The van der Waals surface area contributed by atoms with Gasteiger partial charge in [-0.25, -0.2) is 0 Å². The van der Waals surface area contributed by atoms with Gasteiger partial charge in [-0.1, -0.05) is 24.3 Å². The number of ether oxygens (including phenoxy) is 1. The minimum absolute atomic E-state index is 0.0535. The van der Waals surface area contributed by atoms with Gasteiger partial charge in [0.25, 0.3) is 5.91 Å². The molecule has 1 saturated heterocycles.